The Balaban J connectivity index is 1.28. The predicted octanol–water partition coefficient (Wildman–Crippen LogP) is -2.33. The number of piperidine rings is 1. The van der Waals surface area contributed by atoms with E-state index in [0.29, 0.717) is 37.6 Å². The van der Waals surface area contributed by atoms with E-state index in [1.807, 2.05) is 53.9 Å². The molecule has 2 unspecified atom stereocenters. The molecule has 0 saturated carbocycles. The number of rotatable bonds is 6. The van der Waals surface area contributed by atoms with Gasteiger partial charge in [0.05, 0.1) is 13.2 Å². The fourth-order valence-corrected chi connectivity index (χ4v) is 5.46. The maximum atomic E-state index is 13.4. The van der Waals surface area contributed by atoms with Gasteiger partial charge in [0.15, 0.2) is 0 Å². The first-order valence-electron chi connectivity index (χ1n) is 12.9. The Hall–Kier alpha value is -3.46. The summed E-state index contributed by atoms with van der Waals surface area (Å²) >= 11 is 0. The van der Waals surface area contributed by atoms with Gasteiger partial charge in [-0.3, -0.25) is 19.2 Å². The van der Waals surface area contributed by atoms with E-state index in [2.05, 4.69) is 0 Å². The summed E-state index contributed by atoms with van der Waals surface area (Å²) in [6, 6.07) is 12.5. The summed E-state index contributed by atoms with van der Waals surface area (Å²) in [5, 5.41) is -0.775. The fourth-order valence-electron chi connectivity index (χ4n) is 5.46. The molecule has 9 nitrogen and oxygen atoms in total. The molecular weight excluding hydrogens is 482 g/mol. The third-order valence-electron chi connectivity index (χ3n) is 8.21. The van der Waals surface area contributed by atoms with Crippen molar-refractivity contribution >= 4 is 55.1 Å². The summed E-state index contributed by atoms with van der Waals surface area (Å²) in [6.07, 6.45) is 0. The molecule has 0 spiro atoms. The van der Waals surface area contributed by atoms with E-state index in [1.165, 1.54) is 7.98 Å². The first-order chi connectivity index (χ1) is 18.1. The molecule has 5 rings (SSSR count). The van der Waals surface area contributed by atoms with Crippen LogP contribution in [0, 0.1) is 0 Å². The van der Waals surface area contributed by atoms with E-state index < -0.39 is 11.3 Å². The van der Waals surface area contributed by atoms with E-state index in [4.69, 9.17) is 9.47 Å². The lowest BCUT2D eigenvalue weighted by molar-refractivity contribution is -0.146. The zero-order valence-corrected chi connectivity index (χ0v) is 22.2. The van der Waals surface area contributed by atoms with Crippen LogP contribution in [0.2, 0.25) is 11.0 Å². The minimum absolute atomic E-state index is 0.00341. The molecule has 3 heterocycles. The highest BCUT2D eigenvalue weighted by atomic mass is 16.5. The van der Waals surface area contributed by atoms with Gasteiger partial charge < -0.3 is 24.1 Å². The molecule has 2 aromatic carbocycles. The minimum Gasteiger partial charge on any atom is -0.489 e. The minimum atomic E-state index is -0.775. The molecule has 3 aliphatic heterocycles. The van der Waals surface area contributed by atoms with E-state index in [1.54, 1.807) is 21.9 Å². The van der Waals surface area contributed by atoms with Crippen molar-refractivity contribution in [2.24, 2.45) is 0 Å². The lowest BCUT2D eigenvalue weighted by Crippen LogP contribution is -2.62. The Kier molecular flexibility index (Phi) is 6.90. The van der Waals surface area contributed by atoms with Crippen LogP contribution in [0.15, 0.2) is 42.5 Å². The van der Waals surface area contributed by atoms with Crippen LogP contribution in [0.1, 0.15) is 27.0 Å². The second-order valence-electron chi connectivity index (χ2n) is 10.8. The van der Waals surface area contributed by atoms with Gasteiger partial charge in [0, 0.05) is 24.2 Å². The van der Waals surface area contributed by atoms with Gasteiger partial charge in [-0.1, -0.05) is 30.3 Å². The topological polar surface area (TPSA) is 96.5 Å². The number of hydrogen-bond donors (Lipinski definition) is 0. The maximum Gasteiger partial charge on any atom is 0.255 e. The smallest absolute Gasteiger partial charge is 0.255 e. The molecule has 192 valence electrons. The van der Waals surface area contributed by atoms with Crippen LogP contribution >= 0.6 is 0 Å². The van der Waals surface area contributed by atoms with Crippen LogP contribution < -0.4 is 4.74 Å². The van der Waals surface area contributed by atoms with E-state index in [9.17, 15) is 19.2 Å². The number of amides is 4. The summed E-state index contributed by atoms with van der Waals surface area (Å²) in [7, 11) is 6.99. The van der Waals surface area contributed by atoms with Crippen molar-refractivity contribution in [1.82, 2.24) is 14.6 Å². The van der Waals surface area contributed by atoms with Crippen LogP contribution in [0.3, 0.4) is 0 Å². The third-order valence-corrected chi connectivity index (χ3v) is 8.21. The van der Waals surface area contributed by atoms with Crippen LogP contribution in [-0.4, -0.2) is 95.6 Å². The first-order valence-corrected chi connectivity index (χ1v) is 12.9. The van der Waals surface area contributed by atoms with Gasteiger partial charge in [-0.2, -0.15) is 0 Å². The van der Waals surface area contributed by atoms with Crippen molar-refractivity contribution in [3.63, 3.8) is 0 Å². The van der Waals surface area contributed by atoms with Gasteiger partial charge in [0.25, 0.3) is 5.91 Å². The Morgan fingerprint density at radius 2 is 1.74 bits per heavy atom. The quantitative estimate of drug-likeness (QED) is 0.320. The number of ether oxygens (including phenoxy) is 2. The van der Waals surface area contributed by atoms with Crippen molar-refractivity contribution in [2.75, 3.05) is 19.8 Å². The Labute approximate surface area is 225 Å². The van der Waals surface area contributed by atoms with Crippen LogP contribution in [-0.2, 0) is 38.8 Å². The van der Waals surface area contributed by atoms with Crippen LogP contribution in [0.25, 0.3) is 0 Å². The van der Waals surface area contributed by atoms with Crippen molar-refractivity contribution in [2.45, 2.75) is 36.8 Å². The Morgan fingerprint density at radius 1 is 1.03 bits per heavy atom. The highest BCUT2D eigenvalue weighted by Crippen LogP contribution is 2.44. The number of morpholine rings is 1. The molecule has 0 N–H and O–H groups in total. The van der Waals surface area contributed by atoms with Gasteiger partial charge in [-0.25, -0.2) is 0 Å². The molecule has 2 fully saturated rings. The molecule has 4 amide bonds. The van der Waals surface area contributed by atoms with Crippen molar-refractivity contribution in [3.05, 3.63) is 64.7 Å². The fraction of sp³-hybridized carbons (Fsp3) is 0.360. The first kappa shape index (κ1) is 26.2. The molecule has 0 radical (unpaired) electrons. The van der Waals surface area contributed by atoms with E-state index in [-0.39, 0.29) is 42.6 Å². The Bertz CT molecular complexity index is 1300. The average Bonchev–Trinajstić information content (AvgIpc) is 3.24. The molecule has 2 aromatic rings. The second-order valence-corrected chi connectivity index (χ2v) is 10.8. The SMILES string of the molecule is BC1C(N2Cc3c(OCc4ccc(CN5CCOCC5=O)cc4)cccc3C2=O)C(=O)N(B)C(=O)C1(B)B. The second kappa shape index (κ2) is 10.0. The standard InChI is InChI=1S/C25H29B4N3O6/c26-21-20(23(35)32(29)24(36)25(21,27)28)31-11-17-16(22(31)34)2-1-3-18(17)38-12-15-6-4-14(5-7-15)10-30-8-9-37-13-19(30)33/h1-7,20-21H,8-13,26-29H2. The number of benzene rings is 2. The van der Waals surface area contributed by atoms with Crippen molar-refractivity contribution < 1.29 is 28.7 Å². The lowest BCUT2D eigenvalue weighted by atomic mass is 9.40. The molecule has 0 aromatic heterocycles. The number of carbonyl (C=O) groups is 4. The molecule has 3 aliphatic rings. The van der Waals surface area contributed by atoms with Gasteiger partial charge in [-0.05, 0) is 34.3 Å². The van der Waals surface area contributed by atoms with Crippen LogP contribution in [0.5, 0.6) is 5.75 Å². The summed E-state index contributed by atoms with van der Waals surface area (Å²) in [5.74, 6) is -0.563. The molecule has 38 heavy (non-hydrogen) atoms. The van der Waals surface area contributed by atoms with Gasteiger partial charge in [0.2, 0.25) is 25.7 Å². The Morgan fingerprint density at radius 3 is 2.45 bits per heavy atom. The molecule has 0 bridgehead atoms. The average molecular weight is 511 g/mol. The van der Waals surface area contributed by atoms with Gasteiger partial charge in [0.1, 0.15) is 48.5 Å². The summed E-state index contributed by atoms with van der Waals surface area (Å²) in [5.41, 5.74) is 3.25. The number of imide groups is 1. The van der Waals surface area contributed by atoms with Gasteiger partial charge >= 0.3 is 0 Å². The zero-order valence-electron chi connectivity index (χ0n) is 22.2. The lowest BCUT2D eigenvalue weighted by Gasteiger charge is -2.47. The molecule has 13 heteroatoms. The summed E-state index contributed by atoms with van der Waals surface area (Å²) < 4.78 is 11.3. The maximum absolute atomic E-state index is 13.4. The summed E-state index contributed by atoms with van der Waals surface area (Å²) in [4.78, 5) is 55.7. The predicted molar refractivity (Wildman–Crippen MR) is 150 cm³/mol. The zero-order chi connectivity index (χ0) is 27.2. The number of carbonyl (C=O) groups excluding carboxylic acids is 4. The largest absolute Gasteiger partial charge is 0.489 e. The van der Waals surface area contributed by atoms with E-state index in [0.717, 1.165) is 21.5 Å². The van der Waals surface area contributed by atoms with Crippen molar-refractivity contribution in [1.29, 1.82) is 0 Å². The number of nitrogens with zero attached hydrogens (tertiary/aromatic N) is 3. The molecule has 2 atom stereocenters. The molecule has 0 aliphatic carbocycles. The summed E-state index contributed by atoms with van der Waals surface area (Å²) in [6.45, 7) is 2.38. The third kappa shape index (κ3) is 4.53. The monoisotopic (exact) mass is 511 g/mol. The van der Waals surface area contributed by atoms with E-state index >= 15 is 0 Å². The highest BCUT2D eigenvalue weighted by Gasteiger charge is 2.53. The molecule has 2 saturated heterocycles. The van der Waals surface area contributed by atoms with Crippen LogP contribution in [0.4, 0.5) is 0 Å². The highest BCUT2D eigenvalue weighted by molar-refractivity contribution is 6.57. The normalized spacial score (nSPS) is 23.1. The van der Waals surface area contributed by atoms with Gasteiger partial charge in [-0.15, -0.1) is 0 Å². The number of hydrogen-bond acceptors (Lipinski definition) is 6. The number of fused-ring (bicyclic) bond motifs is 1. The molecular formula is C25H29B4N3O6. The van der Waals surface area contributed by atoms with Crippen molar-refractivity contribution in [3.8, 4) is 5.75 Å².